The van der Waals surface area contributed by atoms with Gasteiger partial charge in [-0.05, 0) is 25.5 Å². The second-order valence-electron chi connectivity index (χ2n) is 7.93. The lowest BCUT2D eigenvalue weighted by molar-refractivity contribution is -0.172. The summed E-state index contributed by atoms with van der Waals surface area (Å²) in [5, 5.41) is 11.5. The smallest absolute Gasteiger partial charge is 0.264 e. The van der Waals surface area contributed by atoms with Gasteiger partial charge in [0, 0.05) is 12.0 Å². The van der Waals surface area contributed by atoms with Crippen LogP contribution in [0.25, 0.3) is 0 Å². The van der Waals surface area contributed by atoms with Crippen molar-refractivity contribution in [2.24, 2.45) is 5.92 Å². The molecular weight excluding hydrogens is 342 g/mol. The van der Waals surface area contributed by atoms with Gasteiger partial charge < -0.3 is 14.7 Å². The van der Waals surface area contributed by atoms with Crippen molar-refractivity contribution < 1.29 is 19.4 Å². The Labute approximate surface area is 158 Å². The Morgan fingerprint density at radius 1 is 1.07 bits per heavy atom. The van der Waals surface area contributed by atoms with E-state index in [0.717, 1.165) is 5.56 Å². The molecule has 2 aliphatic heterocycles. The van der Waals surface area contributed by atoms with Crippen molar-refractivity contribution in [1.82, 2.24) is 0 Å². The monoisotopic (exact) mass is 365 g/mol. The third-order valence-electron chi connectivity index (χ3n) is 5.49. The molecule has 1 N–H and O–H groups in total. The molecule has 4 rings (SSSR count). The minimum Gasteiger partial charge on any atom is -0.375 e. The molecule has 0 unspecified atom stereocenters. The van der Waals surface area contributed by atoms with Gasteiger partial charge in [-0.25, -0.2) is 0 Å². The molecule has 1 amide bonds. The molecule has 0 aliphatic carbocycles. The predicted octanol–water partition coefficient (Wildman–Crippen LogP) is 2.81. The molecule has 2 atom stereocenters. The van der Waals surface area contributed by atoms with E-state index in [1.54, 1.807) is 17.0 Å². The molecule has 0 radical (unpaired) electrons. The molecule has 5 heteroatoms. The van der Waals surface area contributed by atoms with Gasteiger partial charge in [0.15, 0.2) is 5.60 Å². The summed E-state index contributed by atoms with van der Waals surface area (Å²) >= 11 is 0. The minimum absolute atomic E-state index is 0.0293. The lowest BCUT2D eigenvalue weighted by Crippen LogP contribution is -2.54. The average Bonchev–Trinajstić information content (AvgIpc) is 2.85. The number of Topliss-reactive ketones (excluding diaryl/α,β-unsaturated/α-hetero) is 1. The molecule has 2 aliphatic rings. The van der Waals surface area contributed by atoms with Crippen molar-refractivity contribution in [3.05, 3.63) is 65.7 Å². The van der Waals surface area contributed by atoms with E-state index < -0.39 is 23.0 Å². The first-order chi connectivity index (χ1) is 12.8. The number of hydrogen-bond acceptors (Lipinski definition) is 4. The van der Waals surface area contributed by atoms with Crippen LogP contribution in [0.5, 0.6) is 0 Å². The molecule has 27 heavy (non-hydrogen) atoms. The summed E-state index contributed by atoms with van der Waals surface area (Å²) in [6, 6.07) is 16.8. The van der Waals surface area contributed by atoms with E-state index in [-0.39, 0.29) is 18.8 Å². The number of anilines is 1. The Morgan fingerprint density at radius 2 is 1.74 bits per heavy atom. The fraction of sp³-hybridized carbons (Fsp3) is 0.364. The van der Waals surface area contributed by atoms with E-state index in [1.807, 2.05) is 56.3 Å². The number of nitrogens with zero attached hydrogens (tertiary/aromatic N) is 1. The molecule has 140 valence electrons. The van der Waals surface area contributed by atoms with Gasteiger partial charge in [-0.3, -0.25) is 9.59 Å². The topological polar surface area (TPSA) is 66.8 Å². The van der Waals surface area contributed by atoms with Crippen molar-refractivity contribution in [1.29, 1.82) is 0 Å². The second-order valence-corrected chi connectivity index (χ2v) is 7.93. The number of carbonyl (C=O) groups excluding carboxylic acids is 2. The molecule has 0 spiro atoms. The maximum absolute atomic E-state index is 13.4. The van der Waals surface area contributed by atoms with Crippen molar-refractivity contribution in [2.45, 2.75) is 38.0 Å². The van der Waals surface area contributed by atoms with Crippen LogP contribution in [0.3, 0.4) is 0 Å². The number of benzene rings is 2. The van der Waals surface area contributed by atoms with Gasteiger partial charge in [-0.1, -0.05) is 48.5 Å². The molecule has 1 fully saturated rings. The number of hydrogen-bond donors (Lipinski definition) is 1. The zero-order chi connectivity index (χ0) is 19.2. The number of carbonyl (C=O) groups is 2. The van der Waals surface area contributed by atoms with Gasteiger partial charge in [0.25, 0.3) is 5.91 Å². The number of para-hydroxylation sites is 1. The summed E-state index contributed by atoms with van der Waals surface area (Å²) in [4.78, 5) is 27.7. The lowest BCUT2D eigenvalue weighted by atomic mass is 9.76. The van der Waals surface area contributed by atoms with Gasteiger partial charge in [-0.2, -0.15) is 0 Å². The van der Waals surface area contributed by atoms with Crippen LogP contribution in [0.1, 0.15) is 31.4 Å². The summed E-state index contributed by atoms with van der Waals surface area (Å²) in [5.74, 6) is -1.51. The number of ketones is 1. The number of amides is 1. The molecule has 2 heterocycles. The van der Waals surface area contributed by atoms with E-state index in [2.05, 4.69) is 0 Å². The fourth-order valence-electron chi connectivity index (χ4n) is 4.07. The largest absolute Gasteiger partial charge is 0.375 e. The first-order valence-electron chi connectivity index (χ1n) is 9.17. The Kier molecular flexibility index (Phi) is 4.17. The van der Waals surface area contributed by atoms with Gasteiger partial charge in [0.1, 0.15) is 5.78 Å². The minimum atomic E-state index is -1.89. The van der Waals surface area contributed by atoms with Gasteiger partial charge >= 0.3 is 0 Å². The molecule has 1 saturated heterocycles. The molecule has 0 aromatic heterocycles. The highest BCUT2D eigenvalue weighted by Crippen LogP contribution is 2.47. The Bertz CT molecular complexity index is 892. The Hall–Kier alpha value is -2.50. The second kappa shape index (κ2) is 6.29. The van der Waals surface area contributed by atoms with Crippen LogP contribution in [0, 0.1) is 5.92 Å². The van der Waals surface area contributed by atoms with Crippen molar-refractivity contribution in [3.8, 4) is 0 Å². The first kappa shape index (κ1) is 17.9. The number of rotatable bonds is 3. The summed E-state index contributed by atoms with van der Waals surface area (Å²) in [6.45, 7) is 4.06. The van der Waals surface area contributed by atoms with Crippen LogP contribution in [0.15, 0.2) is 54.6 Å². The van der Waals surface area contributed by atoms with Crippen LogP contribution in [0.2, 0.25) is 0 Å². The third kappa shape index (κ3) is 2.87. The van der Waals surface area contributed by atoms with Crippen LogP contribution in [0.4, 0.5) is 5.69 Å². The first-order valence-corrected chi connectivity index (χ1v) is 9.17. The average molecular weight is 365 g/mol. The lowest BCUT2D eigenvalue weighted by Gasteiger charge is -2.39. The van der Waals surface area contributed by atoms with Crippen molar-refractivity contribution in [3.63, 3.8) is 0 Å². The van der Waals surface area contributed by atoms with E-state index in [0.29, 0.717) is 17.8 Å². The number of aliphatic hydroxyl groups is 1. The number of fused-ring (bicyclic) bond motifs is 1. The molecule has 0 saturated carbocycles. The Morgan fingerprint density at radius 3 is 2.44 bits per heavy atom. The van der Waals surface area contributed by atoms with Gasteiger partial charge in [0.05, 0.1) is 30.4 Å². The molecule has 2 aromatic carbocycles. The molecule has 2 aromatic rings. The van der Waals surface area contributed by atoms with Crippen molar-refractivity contribution >= 4 is 17.4 Å². The molecule has 0 bridgehead atoms. The standard InChI is InChI=1S/C22H23NO4/c1-21(2)12-19(24)17(14-27-21)22(26)16-10-6-7-11-18(16)23(20(22)25)13-15-8-4-3-5-9-15/h3-11,17,26H,12-14H2,1-2H3/t17-,22+/m1/s1. The third-order valence-corrected chi connectivity index (χ3v) is 5.49. The molecule has 5 nitrogen and oxygen atoms in total. The summed E-state index contributed by atoms with van der Waals surface area (Å²) < 4.78 is 5.79. The van der Waals surface area contributed by atoms with Crippen LogP contribution >= 0.6 is 0 Å². The zero-order valence-corrected chi connectivity index (χ0v) is 15.5. The zero-order valence-electron chi connectivity index (χ0n) is 15.5. The van der Waals surface area contributed by atoms with Crippen LogP contribution in [-0.2, 0) is 26.5 Å². The SMILES string of the molecule is CC1(C)CC(=O)[C@H]([C@]2(O)C(=O)N(Cc3ccccc3)c3ccccc32)CO1. The van der Waals surface area contributed by atoms with Crippen LogP contribution in [-0.4, -0.2) is 29.0 Å². The summed E-state index contributed by atoms with van der Waals surface area (Å²) in [6.07, 6.45) is 0.175. The van der Waals surface area contributed by atoms with Gasteiger partial charge in [-0.15, -0.1) is 0 Å². The quantitative estimate of drug-likeness (QED) is 0.908. The highest BCUT2D eigenvalue weighted by molar-refractivity contribution is 6.09. The van der Waals surface area contributed by atoms with Crippen LogP contribution < -0.4 is 4.90 Å². The van der Waals surface area contributed by atoms with Crippen molar-refractivity contribution in [2.75, 3.05) is 11.5 Å². The highest BCUT2D eigenvalue weighted by Gasteiger charge is 2.58. The maximum Gasteiger partial charge on any atom is 0.264 e. The van der Waals surface area contributed by atoms with Gasteiger partial charge in [0.2, 0.25) is 0 Å². The maximum atomic E-state index is 13.4. The number of ether oxygens (including phenoxy) is 1. The van der Waals surface area contributed by atoms with E-state index >= 15 is 0 Å². The molecular formula is C22H23NO4. The summed E-state index contributed by atoms with van der Waals surface area (Å²) in [7, 11) is 0. The Balaban J connectivity index is 1.74. The fourth-order valence-corrected chi connectivity index (χ4v) is 4.07. The summed E-state index contributed by atoms with van der Waals surface area (Å²) in [5.41, 5.74) is -0.385. The van der Waals surface area contributed by atoms with E-state index in [4.69, 9.17) is 4.74 Å². The highest BCUT2D eigenvalue weighted by atomic mass is 16.5. The van der Waals surface area contributed by atoms with E-state index in [1.165, 1.54) is 0 Å². The predicted molar refractivity (Wildman–Crippen MR) is 101 cm³/mol. The van der Waals surface area contributed by atoms with E-state index in [9.17, 15) is 14.7 Å². The normalized spacial score (nSPS) is 26.9.